The summed E-state index contributed by atoms with van der Waals surface area (Å²) in [6, 6.07) is 0. The number of primary amides is 1. The molecule has 0 aliphatic rings. The van der Waals surface area contributed by atoms with Crippen LogP contribution in [0.2, 0.25) is 0 Å². The maximum atomic E-state index is 10.4. The molecule has 0 rings (SSSR count). The van der Waals surface area contributed by atoms with Crippen LogP contribution < -0.4 is 21.7 Å². The minimum atomic E-state index is -0.249. The lowest BCUT2D eigenvalue weighted by atomic mass is 10.4. The van der Waals surface area contributed by atoms with Crippen LogP contribution in [0.15, 0.2) is 0 Å². The summed E-state index contributed by atoms with van der Waals surface area (Å²) in [4.78, 5) is 10.4. The van der Waals surface area contributed by atoms with Gasteiger partial charge in [0.15, 0.2) is 0 Å². The SMILES string of the molecule is CCNCCCNCCNCCC(N)=O. The largest absolute Gasteiger partial charge is 0.370 e. The van der Waals surface area contributed by atoms with Crippen molar-refractivity contribution in [2.45, 2.75) is 19.8 Å². The second kappa shape index (κ2) is 11.4. The zero-order valence-corrected chi connectivity index (χ0v) is 9.64. The van der Waals surface area contributed by atoms with Crippen LogP contribution in [0.1, 0.15) is 19.8 Å². The van der Waals surface area contributed by atoms with E-state index in [-0.39, 0.29) is 5.91 Å². The molecular formula is C10H24N4O. The van der Waals surface area contributed by atoms with Crippen molar-refractivity contribution < 1.29 is 4.79 Å². The summed E-state index contributed by atoms with van der Waals surface area (Å²) >= 11 is 0. The smallest absolute Gasteiger partial charge is 0.218 e. The Bertz CT molecular complexity index is 152. The van der Waals surface area contributed by atoms with Gasteiger partial charge in [0.1, 0.15) is 0 Å². The number of carbonyl (C=O) groups excluding carboxylic acids is 1. The molecular weight excluding hydrogens is 192 g/mol. The first kappa shape index (κ1) is 14.3. The molecule has 0 saturated carbocycles. The van der Waals surface area contributed by atoms with E-state index in [1.165, 1.54) is 0 Å². The van der Waals surface area contributed by atoms with Crippen LogP contribution in [0.25, 0.3) is 0 Å². The van der Waals surface area contributed by atoms with Gasteiger partial charge in [-0.3, -0.25) is 4.79 Å². The Morgan fingerprint density at radius 1 is 1.00 bits per heavy atom. The quantitative estimate of drug-likeness (QED) is 0.335. The molecule has 1 amide bonds. The van der Waals surface area contributed by atoms with Crippen molar-refractivity contribution in [2.75, 3.05) is 39.3 Å². The van der Waals surface area contributed by atoms with Crippen LogP contribution in [-0.4, -0.2) is 45.2 Å². The van der Waals surface area contributed by atoms with Crippen LogP contribution in [-0.2, 0) is 4.79 Å². The summed E-state index contributed by atoms with van der Waals surface area (Å²) in [6.45, 7) is 7.74. The third-order valence-corrected chi connectivity index (χ3v) is 1.98. The number of hydrogen-bond donors (Lipinski definition) is 4. The Morgan fingerprint density at radius 3 is 2.20 bits per heavy atom. The highest BCUT2D eigenvalue weighted by Crippen LogP contribution is 1.74. The highest BCUT2D eigenvalue weighted by Gasteiger charge is 1.92. The molecule has 0 spiro atoms. The van der Waals surface area contributed by atoms with Crippen LogP contribution in [0.3, 0.4) is 0 Å². The molecule has 0 aliphatic heterocycles. The summed E-state index contributed by atoms with van der Waals surface area (Å²) in [5, 5.41) is 9.72. The zero-order valence-electron chi connectivity index (χ0n) is 9.64. The van der Waals surface area contributed by atoms with E-state index in [9.17, 15) is 4.79 Å². The lowest BCUT2D eigenvalue weighted by molar-refractivity contribution is -0.117. The maximum Gasteiger partial charge on any atom is 0.218 e. The van der Waals surface area contributed by atoms with Gasteiger partial charge in [-0.05, 0) is 26.1 Å². The Hall–Kier alpha value is -0.650. The number of hydrogen-bond acceptors (Lipinski definition) is 4. The fraction of sp³-hybridized carbons (Fsp3) is 0.900. The molecule has 0 radical (unpaired) electrons. The molecule has 5 nitrogen and oxygen atoms in total. The predicted molar refractivity (Wildman–Crippen MR) is 62.7 cm³/mol. The summed E-state index contributed by atoms with van der Waals surface area (Å²) < 4.78 is 0. The van der Waals surface area contributed by atoms with Crippen molar-refractivity contribution in [3.63, 3.8) is 0 Å². The lowest BCUT2D eigenvalue weighted by Gasteiger charge is -2.06. The van der Waals surface area contributed by atoms with Gasteiger partial charge in [-0.15, -0.1) is 0 Å². The summed E-state index contributed by atoms with van der Waals surface area (Å²) in [5.41, 5.74) is 5.00. The fourth-order valence-electron chi connectivity index (χ4n) is 1.15. The van der Waals surface area contributed by atoms with E-state index in [4.69, 9.17) is 5.73 Å². The van der Waals surface area contributed by atoms with Gasteiger partial charge in [-0.2, -0.15) is 0 Å². The van der Waals surface area contributed by atoms with Crippen molar-refractivity contribution in [3.8, 4) is 0 Å². The number of amides is 1. The Morgan fingerprint density at radius 2 is 1.60 bits per heavy atom. The molecule has 5 heteroatoms. The number of carbonyl (C=O) groups is 1. The molecule has 0 aliphatic carbocycles. The summed E-state index contributed by atoms with van der Waals surface area (Å²) in [7, 11) is 0. The molecule has 15 heavy (non-hydrogen) atoms. The van der Waals surface area contributed by atoms with Crippen molar-refractivity contribution >= 4 is 5.91 Å². The molecule has 0 unspecified atom stereocenters. The average molecular weight is 216 g/mol. The van der Waals surface area contributed by atoms with Gasteiger partial charge in [0, 0.05) is 26.1 Å². The van der Waals surface area contributed by atoms with E-state index >= 15 is 0 Å². The number of rotatable bonds is 11. The molecule has 0 bridgehead atoms. The lowest BCUT2D eigenvalue weighted by Crippen LogP contribution is -2.31. The van der Waals surface area contributed by atoms with Gasteiger partial charge in [0.25, 0.3) is 0 Å². The molecule has 90 valence electrons. The van der Waals surface area contributed by atoms with Gasteiger partial charge in [0.05, 0.1) is 0 Å². The minimum Gasteiger partial charge on any atom is -0.370 e. The zero-order chi connectivity index (χ0) is 11.4. The first-order valence-corrected chi connectivity index (χ1v) is 5.67. The predicted octanol–water partition coefficient (Wildman–Crippen LogP) is -0.959. The van der Waals surface area contributed by atoms with Gasteiger partial charge < -0.3 is 21.7 Å². The molecule has 0 aromatic heterocycles. The van der Waals surface area contributed by atoms with Gasteiger partial charge in [-0.25, -0.2) is 0 Å². The van der Waals surface area contributed by atoms with E-state index in [2.05, 4.69) is 22.9 Å². The molecule has 0 heterocycles. The Labute approximate surface area is 92.2 Å². The van der Waals surface area contributed by atoms with E-state index < -0.39 is 0 Å². The number of nitrogens with two attached hydrogens (primary N) is 1. The second-order valence-electron chi connectivity index (χ2n) is 3.42. The highest BCUT2D eigenvalue weighted by molar-refractivity contribution is 5.73. The molecule has 5 N–H and O–H groups in total. The average Bonchev–Trinajstić information content (AvgIpc) is 2.20. The fourth-order valence-corrected chi connectivity index (χ4v) is 1.15. The first-order chi connectivity index (χ1) is 7.27. The van der Waals surface area contributed by atoms with Crippen LogP contribution in [0.4, 0.5) is 0 Å². The minimum absolute atomic E-state index is 0.249. The van der Waals surface area contributed by atoms with Gasteiger partial charge in [0.2, 0.25) is 5.91 Å². The Kier molecular flexibility index (Phi) is 10.9. The van der Waals surface area contributed by atoms with Crippen LogP contribution in [0.5, 0.6) is 0 Å². The molecule has 0 aromatic rings. The summed E-state index contributed by atoms with van der Waals surface area (Å²) in [6.07, 6.45) is 1.57. The monoisotopic (exact) mass is 216 g/mol. The van der Waals surface area contributed by atoms with Crippen molar-refractivity contribution in [3.05, 3.63) is 0 Å². The van der Waals surface area contributed by atoms with E-state index in [1.807, 2.05) is 0 Å². The van der Waals surface area contributed by atoms with Crippen LogP contribution >= 0.6 is 0 Å². The van der Waals surface area contributed by atoms with Crippen LogP contribution in [0, 0.1) is 0 Å². The molecule has 0 aromatic carbocycles. The second-order valence-corrected chi connectivity index (χ2v) is 3.42. The highest BCUT2D eigenvalue weighted by atomic mass is 16.1. The first-order valence-electron chi connectivity index (χ1n) is 5.67. The molecule has 0 atom stereocenters. The third-order valence-electron chi connectivity index (χ3n) is 1.98. The van der Waals surface area contributed by atoms with Crippen molar-refractivity contribution in [2.24, 2.45) is 5.73 Å². The van der Waals surface area contributed by atoms with Gasteiger partial charge >= 0.3 is 0 Å². The third kappa shape index (κ3) is 13.3. The van der Waals surface area contributed by atoms with E-state index in [0.29, 0.717) is 13.0 Å². The Balaban J connectivity index is 2.89. The number of nitrogens with one attached hydrogen (secondary N) is 3. The van der Waals surface area contributed by atoms with Gasteiger partial charge in [-0.1, -0.05) is 6.92 Å². The summed E-state index contributed by atoms with van der Waals surface area (Å²) in [5.74, 6) is -0.249. The van der Waals surface area contributed by atoms with E-state index in [0.717, 1.165) is 39.1 Å². The normalized spacial score (nSPS) is 10.5. The topological polar surface area (TPSA) is 79.2 Å². The molecule has 0 saturated heterocycles. The molecule has 0 fully saturated rings. The van der Waals surface area contributed by atoms with E-state index in [1.54, 1.807) is 0 Å². The maximum absolute atomic E-state index is 10.4. The van der Waals surface area contributed by atoms with Crippen molar-refractivity contribution in [1.82, 2.24) is 16.0 Å². The standard InChI is InChI=1S/C10H24N4O/c1-2-12-5-3-6-13-8-9-14-7-4-10(11)15/h12-14H,2-9H2,1H3,(H2,11,15). The van der Waals surface area contributed by atoms with Crippen molar-refractivity contribution in [1.29, 1.82) is 0 Å².